The van der Waals surface area contributed by atoms with Crippen LogP contribution in [0, 0.1) is 0 Å². The molecule has 2 aromatic rings. The molecular formula is C18H17NO4. The van der Waals surface area contributed by atoms with Crippen molar-refractivity contribution in [1.29, 1.82) is 0 Å². The fraction of sp³-hybridized carbons (Fsp3) is 0.167. The van der Waals surface area contributed by atoms with Crippen LogP contribution in [0.5, 0.6) is 17.2 Å². The Bertz CT molecular complexity index is 740. The molecule has 118 valence electrons. The average Bonchev–Trinajstić information content (AvgIpc) is 2.60. The molecule has 2 aromatic carbocycles. The molecular weight excluding hydrogens is 294 g/mol. The highest BCUT2D eigenvalue weighted by molar-refractivity contribution is 6.02. The number of rotatable bonds is 4. The lowest BCUT2D eigenvalue weighted by Crippen LogP contribution is -2.16. The van der Waals surface area contributed by atoms with Gasteiger partial charge in [0.05, 0.1) is 7.11 Å². The van der Waals surface area contributed by atoms with Crippen molar-refractivity contribution in [2.45, 2.75) is 0 Å². The van der Waals surface area contributed by atoms with Gasteiger partial charge in [0.25, 0.3) is 0 Å². The van der Waals surface area contributed by atoms with E-state index in [2.05, 4.69) is 5.32 Å². The minimum absolute atomic E-state index is 0.229. The number of carbonyl (C=O) groups excluding carboxylic acids is 1. The largest absolute Gasteiger partial charge is 0.496 e. The zero-order chi connectivity index (χ0) is 16.1. The van der Waals surface area contributed by atoms with E-state index >= 15 is 0 Å². The first kappa shape index (κ1) is 15.0. The van der Waals surface area contributed by atoms with Crippen LogP contribution >= 0.6 is 0 Å². The maximum Gasteiger partial charge on any atom is 0.248 e. The number of benzene rings is 2. The maximum atomic E-state index is 12.0. The lowest BCUT2D eigenvalue weighted by atomic mass is 10.2. The summed E-state index contributed by atoms with van der Waals surface area (Å²) in [5.41, 5.74) is 1.50. The number of amides is 1. The zero-order valence-corrected chi connectivity index (χ0v) is 12.7. The Morgan fingerprint density at radius 2 is 1.91 bits per heavy atom. The summed E-state index contributed by atoms with van der Waals surface area (Å²) in [5.74, 6) is 1.82. The normalized spacial score (nSPS) is 12.9. The number of fused-ring (bicyclic) bond motifs is 1. The summed E-state index contributed by atoms with van der Waals surface area (Å²) in [5, 5.41) is 2.80. The van der Waals surface area contributed by atoms with E-state index in [1.807, 2.05) is 24.3 Å². The Labute approximate surface area is 134 Å². The van der Waals surface area contributed by atoms with Gasteiger partial charge in [0, 0.05) is 23.4 Å². The molecule has 1 amide bonds. The third-order valence-corrected chi connectivity index (χ3v) is 3.36. The molecule has 0 spiro atoms. The highest BCUT2D eigenvalue weighted by Crippen LogP contribution is 2.32. The molecule has 3 rings (SSSR count). The van der Waals surface area contributed by atoms with Crippen molar-refractivity contribution in [3.63, 3.8) is 0 Å². The second-order valence-corrected chi connectivity index (χ2v) is 4.92. The number of anilines is 1. The van der Waals surface area contributed by atoms with Crippen LogP contribution in [0.2, 0.25) is 0 Å². The molecule has 23 heavy (non-hydrogen) atoms. The highest BCUT2D eigenvalue weighted by atomic mass is 16.6. The predicted octanol–water partition coefficient (Wildman–Crippen LogP) is 3.12. The van der Waals surface area contributed by atoms with Crippen LogP contribution in [0.4, 0.5) is 5.69 Å². The van der Waals surface area contributed by atoms with Crippen molar-refractivity contribution in [2.24, 2.45) is 0 Å². The van der Waals surface area contributed by atoms with Gasteiger partial charge >= 0.3 is 0 Å². The minimum atomic E-state index is -0.229. The Morgan fingerprint density at radius 1 is 1.13 bits per heavy atom. The number of hydrogen-bond donors (Lipinski definition) is 1. The summed E-state index contributed by atoms with van der Waals surface area (Å²) >= 11 is 0. The van der Waals surface area contributed by atoms with E-state index in [-0.39, 0.29) is 5.91 Å². The van der Waals surface area contributed by atoms with E-state index in [0.29, 0.717) is 30.4 Å². The predicted molar refractivity (Wildman–Crippen MR) is 88.1 cm³/mol. The molecule has 0 atom stereocenters. The molecule has 0 radical (unpaired) electrons. The lowest BCUT2D eigenvalue weighted by molar-refractivity contribution is -0.111. The van der Waals surface area contributed by atoms with Crippen molar-refractivity contribution >= 4 is 17.7 Å². The number of hydrogen-bond acceptors (Lipinski definition) is 4. The van der Waals surface area contributed by atoms with Gasteiger partial charge in [-0.25, -0.2) is 0 Å². The van der Waals surface area contributed by atoms with Gasteiger partial charge in [0.2, 0.25) is 5.91 Å². The molecule has 0 unspecified atom stereocenters. The standard InChI is InChI=1S/C18H17NO4/c1-21-15-5-3-2-4-13(15)6-9-18(20)19-14-7-8-16-17(12-14)23-11-10-22-16/h2-9,12H,10-11H2,1H3,(H,19,20). The van der Waals surface area contributed by atoms with Crippen molar-refractivity contribution in [3.8, 4) is 17.2 Å². The summed E-state index contributed by atoms with van der Waals surface area (Å²) in [6.07, 6.45) is 3.18. The van der Waals surface area contributed by atoms with Crippen LogP contribution in [0.3, 0.4) is 0 Å². The first-order valence-electron chi connectivity index (χ1n) is 7.28. The SMILES string of the molecule is COc1ccccc1C=CC(=O)Nc1ccc2c(c1)OCCO2. The van der Waals surface area contributed by atoms with Crippen LogP contribution in [-0.4, -0.2) is 26.2 Å². The fourth-order valence-corrected chi connectivity index (χ4v) is 2.27. The molecule has 1 aliphatic heterocycles. The number of carbonyl (C=O) groups is 1. The quantitative estimate of drug-likeness (QED) is 0.882. The van der Waals surface area contributed by atoms with Crippen LogP contribution < -0.4 is 19.5 Å². The van der Waals surface area contributed by atoms with E-state index in [9.17, 15) is 4.79 Å². The first-order valence-corrected chi connectivity index (χ1v) is 7.28. The lowest BCUT2D eigenvalue weighted by Gasteiger charge is -2.18. The van der Waals surface area contributed by atoms with Crippen LogP contribution in [0.25, 0.3) is 6.08 Å². The monoisotopic (exact) mass is 311 g/mol. The van der Waals surface area contributed by atoms with E-state index in [1.165, 1.54) is 6.08 Å². The van der Waals surface area contributed by atoms with Crippen LogP contribution in [0.1, 0.15) is 5.56 Å². The van der Waals surface area contributed by atoms with Gasteiger partial charge in [-0.05, 0) is 24.3 Å². The third kappa shape index (κ3) is 3.63. The number of methoxy groups -OCH3 is 1. The van der Waals surface area contributed by atoms with Gasteiger partial charge in [0.1, 0.15) is 19.0 Å². The van der Waals surface area contributed by atoms with Gasteiger partial charge in [-0.15, -0.1) is 0 Å². The van der Waals surface area contributed by atoms with Gasteiger partial charge in [-0.2, -0.15) is 0 Å². The Morgan fingerprint density at radius 3 is 2.74 bits per heavy atom. The molecule has 0 bridgehead atoms. The average molecular weight is 311 g/mol. The molecule has 1 heterocycles. The van der Waals surface area contributed by atoms with Crippen molar-refractivity contribution < 1.29 is 19.0 Å². The summed E-state index contributed by atoms with van der Waals surface area (Å²) in [6.45, 7) is 1.05. The number of ether oxygens (including phenoxy) is 3. The molecule has 5 heteroatoms. The Balaban J connectivity index is 1.68. The smallest absolute Gasteiger partial charge is 0.248 e. The zero-order valence-electron chi connectivity index (χ0n) is 12.7. The van der Waals surface area contributed by atoms with Gasteiger partial charge in [-0.1, -0.05) is 18.2 Å². The summed E-state index contributed by atoms with van der Waals surface area (Å²) < 4.78 is 16.2. The summed E-state index contributed by atoms with van der Waals surface area (Å²) in [6, 6.07) is 12.8. The van der Waals surface area contributed by atoms with E-state index in [1.54, 1.807) is 31.4 Å². The van der Waals surface area contributed by atoms with Gasteiger partial charge in [0.15, 0.2) is 11.5 Å². The summed E-state index contributed by atoms with van der Waals surface area (Å²) in [4.78, 5) is 12.0. The molecule has 0 aromatic heterocycles. The van der Waals surface area contributed by atoms with Crippen molar-refractivity contribution in [2.75, 3.05) is 25.6 Å². The molecule has 0 saturated carbocycles. The highest BCUT2D eigenvalue weighted by Gasteiger charge is 2.12. The van der Waals surface area contributed by atoms with Crippen molar-refractivity contribution in [1.82, 2.24) is 0 Å². The van der Waals surface area contributed by atoms with E-state index < -0.39 is 0 Å². The first-order chi connectivity index (χ1) is 11.3. The van der Waals surface area contributed by atoms with Gasteiger partial charge < -0.3 is 19.5 Å². The topological polar surface area (TPSA) is 56.8 Å². The van der Waals surface area contributed by atoms with Crippen LogP contribution in [0.15, 0.2) is 48.5 Å². The van der Waals surface area contributed by atoms with Crippen molar-refractivity contribution in [3.05, 3.63) is 54.1 Å². The molecule has 1 N–H and O–H groups in total. The maximum absolute atomic E-state index is 12.0. The van der Waals surface area contributed by atoms with Crippen LogP contribution in [-0.2, 0) is 4.79 Å². The number of para-hydroxylation sites is 1. The molecule has 1 aliphatic rings. The molecule has 0 saturated heterocycles. The van der Waals surface area contributed by atoms with E-state index in [4.69, 9.17) is 14.2 Å². The minimum Gasteiger partial charge on any atom is -0.496 e. The Kier molecular flexibility index (Phi) is 4.47. The third-order valence-electron chi connectivity index (χ3n) is 3.36. The molecule has 0 fully saturated rings. The second-order valence-electron chi connectivity index (χ2n) is 4.92. The second kappa shape index (κ2) is 6.87. The van der Waals surface area contributed by atoms with Gasteiger partial charge in [-0.3, -0.25) is 4.79 Å². The fourth-order valence-electron chi connectivity index (χ4n) is 2.27. The van der Waals surface area contributed by atoms with E-state index in [0.717, 1.165) is 11.3 Å². The Hall–Kier alpha value is -2.95. The summed E-state index contributed by atoms with van der Waals surface area (Å²) in [7, 11) is 1.60. The molecule has 0 aliphatic carbocycles. The molecule has 5 nitrogen and oxygen atoms in total. The number of nitrogens with one attached hydrogen (secondary N) is 1.